The van der Waals surface area contributed by atoms with Crippen LogP contribution in [0.5, 0.6) is 0 Å². The number of allylic oxidation sites excluding steroid dienone is 3. The number of anilines is 1. The Bertz CT molecular complexity index is 1340. The molecule has 5 nitrogen and oxygen atoms in total. The van der Waals surface area contributed by atoms with E-state index in [4.69, 9.17) is 0 Å². The number of aromatic nitrogens is 1. The number of carbonyl (C=O) groups excluding carboxylic acids is 2. The van der Waals surface area contributed by atoms with Gasteiger partial charge in [0.1, 0.15) is 5.82 Å². The van der Waals surface area contributed by atoms with Gasteiger partial charge in [-0.15, -0.1) is 0 Å². The summed E-state index contributed by atoms with van der Waals surface area (Å²) in [5.74, 6) is -1.41. The first-order valence-corrected chi connectivity index (χ1v) is 11.7. The Hall–Kier alpha value is -3.32. The molecule has 0 spiro atoms. The molecule has 1 amide bonds. The lowest BCUT2D eigenvalue weighted by molar-refractivity contribution is -0.118. The number of thiazole rings is 1. The fourth-order valence-corrected chi connectivity index (χ4v) is 5.71. The van der Waals surface area contributed by atoms with Crippen molar-refractivity contribution in [2.75, 3.05) is 5.32 Å². The molecule has 2 aromatic carbocycles. The molecule has 2 aliphatic rings. The van der Waals surface area contributed by atoms with Crippen molar-refractivity contribution in [1.29, 1.82) is 0 Å². The summed E-state index contributed by atoms with van der Waals surface area (Å²) in [4.78, 5) is 31.4. The lowest BCUT2D eigenvalue weighted by atomic mass is 9.68. The Morgan fingerprint density at radius 3 is 2.73 bits per heavy atom. The minimum absolute atomic E-state index is 0.0131. The van der Waals surface area contributed by atoms with Crippen molar-refractivity contribution >= 4 is 38.4 Å². The summed E-state index contributed by atoms with van der Waals surface area (Å²) in [6.07, 6.45) is 1.06. The number of para-hydroxylation sites is 1. The monoisotopic (exact) mass is 461 g/mol. The molecule has 0 saturated heterocycles. The molecule has 5 rings (SSSR count). The standard InChI is InChI=1S/C26H24FN3O2S/c1-14-21(24(32)30-25-29-17-9-4-5-10-20(17)33-25)22(15-7-6-8-16(27)11-15)23-18(28-14)12-26(2,3)13-19(23)31/h4-11,22,28H,12-13H2,1-3H3,(H,29,30,32). The number of benzene rings is 2. The van der Waals surface area contributed by atoms with E-state index in [1.165, 1.54) is 23.5 Å². The second-order valence-electron chi connectivity index (χ2n) is 9.43. The number of ketones is 1. The summed E-state index contributed by atoms with van der Waals surface area (Å²) in [5.41, 5.74) is 3.65. The van der Waals surface area contributed by atoms with Crippen molar-refractivity contribution < 1.29 is 14.0 Å². The topological polar surface area (TPSA) is 71.1 Å². The molecule has 0 radical (unpaired) electrons. The molecule has 0 bridgehead atoms. The average Bonchev–Trinajstić information content (AvgIpc) is 3.13. The predicted molar refractivity (Wildman–Crippen MR) is 128 cm³/mol. The largest absolute Gasteiger partial charge is 0.362 e. The summed E-state index contributed by atoms with van der Waals surface area (Å²) in [7, 11) is 0. The number of dihydropyridines is 1. The smallest absolute Gasteiger partial charge is 0.256 e. The maximum atomic E-state index is 14.2. The number of carbonyl (C=O) groups is 2. The van der Waals surface area contributed by atoms with E-state index in [0.717, 1.165) is 15.9 Å². The number of halogens is 1. The minimum atomic E-state index is -0.644. The van der Waals surface area contributed by atoms with E-state index >= 15 is 0 Å². The molecule has 1 unspecified atom stereocenters. The van der Waals surface area contributed by atoms with Gasteiger partial charge in [-0.25, -0.2) is 9.37 Å². The molecule has 0 saturated carbocycles. The Balaban J connectivity index is 1.58. The van der Waals surface area contributed by atoms with Crippen molar-refractivity contribution in [2.24, 2.45) is 5.41 Å². The molecule has 1 atom stereocenters. The zero-order valence-electron chi connectivity index (χ0n) is 18.7. The van der Waals surface area contributed by atoms with Crippen LogP contribution in [0.15, 0.2) is 71.1 Å². The van der Waals surface area contributed by atoms with Crippen molar-refractivity contribution in [3.8, 4) is 0 Å². The highest BCUT2D eigenvalue weighted by Crippen LogP contribution is 2.46. The number of nitrogens with one attached hydrogen (secondary N) is 2. The molecular weight excluding hydrogens is 437 g/mol. The molecule has 168 valence electrons. The lowest BCUT2D eigenvalue weighted by Crippen LogP contribution is -2.39. The third kappa shape index (κ3) is 3.97. The molecule has 1 aliphatic carbocycles. The predicted octanol–water partition coefficient (Wildman–Crippen LogP) is 5.68. The highest BCUT2D eigenvalue weighted by atomic mass is 32.1. The van der Waals surface area contributed by atoms with Gasteiger partial charge in [-0.3, -0.25) is 14.9 Å². The van der Waals surface area contributed by atoms with Crippen molar-refractivity contribution in [3.05, 3.63) is 82.5 Å². The third-order valence-electron chi connectivity index (χ3n) is 6.18. The number of fused-ring (bicyclic) bond motifs is 1. The van der Waals surface area contributed by atoms with Gasteiger partial charge in [-0.05, 0) is 48.6 Å². The first kappa shape index (κ1) is 21.5. The van der Waals surface area contributed by atoms with Crippen LogP contribution in [0.3, 0.4) is 0 Å². The van der Waals surface area contributed by atoms with E-state index in [1.807, 2.05) is 31.2 Å². The summed E-state index contributed by atoms with van der Waals surface area (Å²) >= 11 is 1.39. The Morgan fingerprint density at radius 1 is 1.18 bits per heavy atom. The normalized spacial score (nSPS) is 20.0. The molecular formula is C26H24FN3O2S. The first-order valence-electron chi connectivity index (χ1n) is 10.9. The summed E-state index contributed by atoms with van der Waals surface area (Å²) < 4.78 is 15.2. The maximum Gasteiger partial charge on any atom is 0.256 e. The van der Waals surface area contributed by atoms with Gasteiger partial charge in [0.15, 0.2) is 10.9 Å². The highest BCUT2D eigenvalue weighted by molar-refractivity contribution is 7.22. The number of hydrogen-bond acceptors (Lipinski definition) is 5. The van der Waals surface area contributed by atoms with Crippen molar-refractivity contribution in [3.63, 3.8) is 0 Å². The Morgan fingerprint density at radius 2 is 1.97 bits per heavy atom. The second kappa shape index (κ2) is 7.92. The van der Waals surface area contributed by atoms with E-state index in [-0.39, 0.29) is 17.1 Å². The van der Waals surface area contributed by atoms with Crippen LogP contribution in [0, 0.1) is 11.2 Å². The fraction of sp³-hybridized carbons (Fsp3) is 0.269. The maximum absolute atomic E-state index is 14.2. The summed E-state index contributed by atoms with van der Waals surface area (Å²) in [6.45, 7) is 5.94. The van der Waals surface area contributed by atoms with Gasteiger partial charge in [0.2, 0.25) is 0 Å². The van der Waals surface area contributed by atoms with E-state index in [2.05, 4.69) is 29.5 Å². The van der Waals surface area contributed by atoms with Crippen LogP contribution in [0.25, 0.3) is 10.2 Å². The SMILES string of the molecule is CC1=C(C(=O)Nc2nc3ccccc3s2)C(c2cccc(F)c2)C2=C(CC(C)(C)CC2=O)N1. The van der Waals surface area contributed by atoms with Crippen LogP contribution >= 0.6 is 11.3 Å². The molecule has 7 heteroatoms. The zero-order chi connectivity index (χ0) is 23.3. The number of amides is 1. The molecule has 33 heavy (non-hydrogen) atoms. The van der Waals surface area contributed by atoms with Gasteiger partial charge in [0.05, 0.1) is 10.2 Å². The van der Waals surface area contributed by atoms with E-state index < -0.39 is 11.7 Å². The van der Waals surface area contributed by atoms with E-state index in [9.17, 15) is 14.0 Å². The van der Waals surface area contributed by atoms with Gasteiger partial charge in [0.25, 0.3) is 5.91 Å². The van der Waals surface area contributed by atoms with Crippen LogP contribution in [0.1, 0.15) is 45.1 Å². The molecule has 1 aliphatic heterocycles. The number of hydrogen-bond donors (Lipinski definition) is 2. The third-order valence-corrected chi connectivity index (χ3v) is 7.13. The van der Waals surface area contributed by atoms with Gasteiger partial charge >= 0.3 is 0 Å². The quantitative estimate of drug-likeness (QED) is 0.527. The summed E-state index contributed by atoms with van der Waals surface area (Å²) in [6, 6.07) is 13.8. The zero-order valence-corrected chi connectivity index (χ0v) is 19.5. The van der Waals surface area contributed by atoms with Crippen LogP contribution in [0.2, 0.25) is 0 Å². The van der Waals surface area contributed by atoms with Crippen LogP contribution in [-0.2, 0) is 9.59 Å². The van der Waals surface area contributed by atoms with Crippen LogP contribution < -0.4 is 10.6 Å². The highest BCUT2D eigenvalue weighted by Gasteiger charge is 2.42. The molecule has 1 aromatic heterocycles. The Labute approximate surface area is 195 Å². The van der Waals surface area contributed by atoms with Gasteiger partial charge in [-0.2, -0.15) is 0 Å². The van der Waals surface area contributed by atoms with E-state index in [1.54, 1.807) is 12.1 Å². The number of nitrogens with zero attached hydrogens (tertiary/aromatic N) is 1. The average molecular weight is 462 g/mol. The Kier molecular flexibility index (Phi) is 5.16. The van der Waals surface area contributed by atoms with Gasteiger partial charge in [-0.1, -0.05) is 49.4 Å². The lowest BCUT2D eigenvalue weighted by Gasteiger charge is -2.39. The van der Waals surface area contributed by atoms with Crippen LogP contribution in [0.4, 0.5) is 9.52 Å². The first-order chi connectivity index (χ1) is 15.7. The van der Waals surface area contributed by atoms with Gasteiger partial charge < -0.3 is 5.32 Å². The van der Waals surface area contributed by atoms with Crippen molar-refractivity contribution in [1.82, 2.24) is 10.3 Å². The van der Waals surface area contributed by atoms with Gasteiger partial charge in [0, 0.05) is 34.9 Å². The summed E-state index contributed by atoms with van der Waals surface area (Å²) in [5, 5.41) is 6.73. The number of Topliss-reactive ketones (excluding diaryl/α,β-unsaturated/α-hetero) is 1. The van der Waals surface area contributed by atoms with Crippen molar-refractivity contribution in [2.45, 2.75) is 39.5 Å². The molecule has 0 fully saturated rings. The fourth-order valence-electron chi connectivity index (χ4n) is 4.85. The second-order valence-corrected chi connectivity index (χ2v) is 10.5. The molecule has 2 N–H and O–H groups in total. The number of rotatable bonds is 3. The minimum Gasteiger partial charge on any atom is -0.362 e. The van der Waals surface area contributed by atoms with Crippen LogP contribution in [-0.4, -0.2) is 16.7 Å². The molecule has 3 aromatic rings. The van der Waals surface area contributed by atoms with E-state index in [0.29, 0.717) is 40.4 Å². The molecule has 2 heterocycles.